The Kier molecular flexibility index (Phi) is 3.67. The average Bonchev–Trinajstić information content (AvgIpc) is 2.16. The quantitative estimate of drug-likeness (QED) is 0.421. The van der Waals surface area contributed by atoms with Crippen LogP contribution in [0.2, 0.25) is 0 Å². The van der Waals surface area contributed by atoms with E-state index >= 15 is 0 Å². The molecule has 0 fully saturated rings. The van der Waals surface area contributed by atoms with Crippen molar-refractivity contribution in [2.45, 2.75) is 13.3 Å². The Morgan fingerprint density at radius 1 is 1.14 bits per heavy atom. The number of benzene rings is 1. The molecule has 74 valence electrons. The molecule has 0 bridgehead atoms. The molecule has 4 N–H and O–H groups in total. The van der Waals surface area contributed by atoms with Gasteiger partial charge in [0.15, 0.2) is 0 Å². The second-order valence-electron chi connectivity index (χ2n) is 3.02. The largest absolute Gasteiger partial charge is 0.369 e. The van der Waals surface area contributed by atoms with Crippen molar-refractivity contribution in [2.24, 2.45) is 21.7 Å². The number of rotatable bonds is 3. The summed E-state index contributed by atoms with van der Waals surface area (Å²) < 4.78 is 0. The summed E-state index contributed by atoms with van der Waals surface area (Å²) in [5.74, 6) is -0.0163. The lowest BCUT2D eigenvalue weighted by molar-refractivity contribution is 1.16. The summed E-state index contributed by atoms with van der Waals surface area (Å²) >= 11 is 0. The van der Waals surface area contributed by atoms with Gasteiger partial charge in [0, 0.05) is 12.1 Å². The zero-order valence-electron chi connectivity index (χ0n) is 8.14. The first-order chi connectivity index (χ1) is 6.68. The molecule has 1 aromatic carbocycles. The van der Waals surface area contributed by atoms with E-state index in [-0.39, 0.29) is 5.96 Å². The van der Waals surface area contributed by atoms with Gasteiger partial charge in [-0.25, -0.2) is 0 Å². The van der Waals surface area contributed by atoms with Gasteiger partial charge in [-0.05, 0) is 12.5 Å². The summed E-state index contributed by atoms with van der Waals surface area (Å²) in [6.45, 7) is 1.89. The number of nitrogens with two attached hydrogens (primary N) is 2. The first kappa shape index (κ1) is 10.2. The molecule has 0 atom stereocenters. The van der Waals surface area contributed by atoms with Crippen molar-refractivity contribution < 1.29 is 0 Å². The first-order valence-corrected chi connectivity index (χ1v) is 4.34. The van der Waals surface area contributed by atoms with Gasteiger partial charge in [-0.1, -0.05) is 30.3 Å². The van der Waals surface area contributed by atoms with Crippen molar-refractivity contribution in [3.8, 4) is 0 Å². The third-order valence-electron chi connectivity index (χ3n) is 1.64. The number of guanidine groups is 1. The summed E-state index contributed by atoms with van der Waals surface area (Å²) in [5.41, 5.74) is 12.4. The Hall–Kier alpha value is -1.84. The van der Waals surface area contributed by atoms with Crippen molar-refractivity contribution in [1.29, 1.82) is 0 Å². The van der Waals surface area contributed by atoms with Crippen LogP contribution in [0.25, 0.3) is 0 Å². The van der Waals surface area contributed by atoms with Crippen LogP contribution in [-0.2, 0) is 6.42 Å². The second-order valence-corrected chi connectivity index (χ2v) is 3.02. The third-order valence-corrected chi connectivity index (χ3v) is 1.64. The summed E-state index contributed by atoms with van der Waals surface area (Å²) in [7, 11) is 0. The SMILES string of the molecule is C/C(Cc1ccccc1)=N\N=C(N)N. The lowest BCUT2D eigenvalue weighted by Gasteiger charge is -1.98. The highest BCUT2D eigenvalue weighted by molar-refractivity contribution is 5.85. The van der Waals surface area contributed by atoms with Crippen LogP contribution >= 0.6 is 0 Å². The lowest BCUT2D eigenvalue weighted by atomic mass is 10.1. The molecule has 0 amide bonds. The van der Waals surface area contributed by atoms with Gasteiger partial charge in [0.2, 0.25) is 5.96 Å². The van der Waals surface area contributed by atoms with Crippen LogP contribution in [-0.4, -0.2) is 11.7 Å². The molecular weight excluding hydrogens is 176 g/mol. The van der Waals surface area contributed by atoms with Crippen molar-refractivity contribution in [1.82, 2.24) is 0 Å². The molecule has 0 aromatic heterocycles. The number of hydrogen-bond acceptors (Lipinski definition) is 2. The van der Waals surface area contributed by atoms with Crippen molar-refractivity contribution in [3.05, 3.63) is 35.9 Å². The van der Waals surface area contributed by atoms with Gasteiger partial charge in [0.1, 0.15) is 0 Å². The molecule has 4 nitrogen and oxygen atoms in total. The number of nitrogens with zero attached hydrogens (tertiary/aromatic N) is 2. The Balaban J connectivity index is 2.62. The normalized spacial score (nSPS) is 11.1. The van der Waals surface area contributed by atoms with E-state index in [0.717, 1.165) is 12.1 Å². The maximum absolute atomic E-state index is 5.15. The highest BCUT2D eigenvalue weighted by Crippen LogP contribution is 2.00. The molecule has 0 saturated carbocycles. The summed E-state index contributed by atoms with van der Waals surface area (Å²) in [4.78, 5) is 0. The van der Waals surface area contributed by atoms with E-state index < -0.39 is 0 Å². The molecule has 0 aliphatic rings. The Bertz CT molecular complexity index is 336. The molecule has 0 saturated heterocycles. The van der Waals surface area contributed by atoms with E-state index in [9.17, 15) is 0 Å². The minimum atomic E-state index is -0.0163. The summed E-state index contributed by atoms with van der Waals surface area (Å²) in [6, 6.07) is 10.0. The fourth-order valence-corrected chi connectivity index (χ4v) is 1.07. The van der Waals surface area contributed by atoms with Crippen molar-refractivity contribution in [3.63, 3.8) is 0 Å². The maximum Gasteiger partial charge on any atom is 0.211 e. The molecule has 0 radical (unpaired) electrons. The van der Waals surface area contributed by atoms with Crippen LogP contribution in [0, 0.1) is 0 Å². The Labute approximate surface area is 83.3 Å². The topological polar surface area (TPSA) is 76.8 Å². The highest BCUT2D eigenvalue weighted by atomic mass is 15.3. The second kappa shape index (κ2) is 5.01. The van der Waals surface area contributed by atoms with Gasteiger partial charge in [0.25, 0.3) is 0 Å². The molecule has 14 heavy (non-hydrogen) atoms. The Morgan fingerprint density at radius 3 is 2.36 bits per heavy atom. The third kappa shape index (κ3) is 3.71. The van der Waals surface area contributed by atoms with Gasteiger partial charge in [-0.2, -0.15) is 5.10 Å². The first-order valence-electron chi connectivity index (χ1n) is 4.34. The van der Waals surface area contributed by atoms with E-state index in [2.05, 4.69) is 10.2 Å². The highest BCUT2D eigenvalue weighted by Gasteiger charge is 1.94. The molecule has 0 heterocycles. The fourth-order valence-electron chi connectivity index (χ4n) is 1.07. The number of hydrogen-bond donors (Lipinski definition) is 2. The average molecular weight is 190 g/mol. The molecule has 0 aliphatic heterocycles. The van der Waals surface area contributed by atoms with Crippen LogP contribution in [0.5, 0.6) is 0 Å². The van der Waals surface area contributed by atoms with Crippen molar-refractivity contribution in [2.75, 3.05) is 0 Å². The molecule has 1 aromatic rings. The van der Waals surface area contributed by atoms with Gasteiger partial charge >= 0.3 is 0 Å². The zero-order chi connectivity index (χ0) is 10.4. The van der Waals surface area contributed by atoms with Crippen LogP contribution in [0.1, 0.15) is 12.5 Å². The van der Waals surface area contributed by atoms with Crippen molar-refractivity contribution >= 4 is 11.7 Å². The molecule has 0 unspecified atom stereocenters. The monoisotopic (exact) mass is 190 g/mol. The van der Waals surface area contributed by atoms with E-state index in [4.69, 9.17) is 11.5 Å². The molecule has 1 rings (SSSR count). The summed E-state index contributed by atoms with van der Waals surface area (Å²) in [6.07, 6.45) is 0.762. The molecule has 0 spiro atoms. The smallest absolute Gasteiger partial charge is 0.211 e. The van der Waals surface area contributed by atoms with Crippen LogP contribution < -0.4 is 11.5 Å². The van der Waals surface area contributed by atoms with Gasteiger partial charge < -0.3 is 11.5 Å². The lowest BCUT2D eigenvalue weighted by Crippen LogP contribution is -2.22. The van der Waals surface area contributed by atoms with Crippen LogP contribution in [0.3, 0.4) is 0 Å². The van der Waals surface area contributed by atoms with E-state index in [0.29, 0.717) is 0 Å². The molecule has 0 aliphatic carbocycles. The zero-order valence-corrected chi connectivity index (χ0v) is 8.14. The van der Waals surface area contributed by atoms with E-state index in [1.54, 1.807) is 0 Å². The predicted octanol–water partition coefficient (Wildman–Crippen LogP) is 0.878. The fraction of sp³-hybridized carbons (Fsp3) is 0.200. The standard InChI is InChI=1S/C10H14N4/c1-8(13-14-10(11)12)7-9-5-3-2-4-6-9/h2-6H,7H2,1H3,(H4,11,12,14)/b13-8+. The maximum atomic E-state index is 5.15. The van der Waals surface area contributed by atoms with Gasteiger partial charge in [0.05, 0.1) is 0 Å². The van der Waals surface area contributed by atoms with Gasteiger partial charge in [-0.15, -0.1) is 5.10 Å². The van der Waals surface area contributed by atoms with E-state index in [1.807, 2.05) is 37.3 Å². The predicted molar refractivity (Wildman–Crippen MR) is 59.1 cm³/mol. The Morgan fingerprint density at radius 2 is 1.79 bits per heavy atom. The summed E-state index contributed by atoms with van der Waals surface area (Å²) in [5, 5.41) is 7.45. The molecule has 4 heteroatoms. The minimum absolute atomic E-state index is 0.0163. The molecular formula is C10H14N4. The van der Waals surface area contributed by atoms with E-state index in [1.165, 1.54) is 5.56 Å². The van der Waals surface area contributed by atoms with Crippen LogP contribution in [0.4, 0.5) is 0 Å². The van der Waals surface area contributed by atoms with Crippen LogP contribution in [0.15, 0.2) is 40.5 Å². The van der Waals surface area contributed by atoms with Gasteiger partial charge in [-0.3, -0.25) is 0 Å². The minimum Gasteiger partial charge on any atom is -0.369 e.